The Morgan fingerprint density at radius 3 is 2.61 bits per heavy atom. The van der Waals surface area contributed by atoms with Gasteiger partial charge in [0, 0.05) is 24.6 Å². The number of nitrogens with one attached hydrogen (secondary N) is 2. The van der Waals surface area contributed by atoms with Gasteiger partial charge in [0.15, 0.2) is 11.5 Å². The van der Waals surface area contributed by atoms with E-state index in [9.17, 15) is 18.8 Å². The topological polar surface area (TPSA) is 167 Å². The summed E-state index contributed by atoms with van der Waals surface area (Å²) in [6, 6.07) is 17.3. The van der Waals surface area contributed by atoms with Crippen molar-refractivity contribution < 1.29 is 23.6 Å². The van der Waals surface area contributed by atoms with Crippen LogP contribution in [0.5, 0.6) is 0 Å². The molecule has 12 nitrogen and oxygen atoms in total. The largest absolute Gasteiger partial charge is 0.383 e. The standard InChI is InChI=1S/C33H31FN8O4/c1-3-7-25(44)46-41-24(43)16-13-19-11-14-21(15-12-19)33(2)26-28(35)37-30(38-29(26)39-32(33)45)27-22-9-6-17-36-31(22)42(40-27)18-20-8-4-5-10-23(20)34/h4-6,8-12,14-15,17H,3,7,13,16,18H2,1-2H3,(H,41,43)(H3,35,37,38,39,45)/t33-/m1/s1. The summed E-state index contributed by atoms with van der Waals surface area (Å²) in [6.45, 7) is 3.74. The van der Waals surface area contributed by atoms with Crippen molar-refractivity contribution in [3.8, 4) is 11.5 Å². The SMILES string of the molecule is CCCC(=O)ONC(=O)CCc1ccc([C@@]2(C)C(=O)Nc3nc(-c4nn(Cc5ccccc5F)c5ncccc45)nc(N)c32)cc1. The lowest BCUT2D eigenvalue weighted by atomic mass is 9.77. The molecule has 0 bridgehead atoms. The van der Waals surface area contributed by atoms with E-state index >= 15 is 0 Å². The van der Waals surface area contributed by atoms with E-state index in [4.69, 9.17) is 10.6 Å². The summed E-state index contributed by atoms with van der Waals surface area (Å²) >= 11 is 0. The number of nitrogens with two attached hydrogens (primary N) is 1. The summed E-state index contributed by atoms with van der Waals surface area (Å²) in [5.41, 5.74) is 10.8. The second-order valence-electron chi connectivity index (χ2n) is 11.2. The molecule has 6 rings (SSSR count). The number of benzene rings is 2. The molecule has 0 fully saturated rings. The van der Waals surface area contributed by atoms with Gasteiger partial charge in [0.2, 0.25) is 5.91 Å². The summed E-state index contributed by atoms with van der Waals surface area (Å²) < 4.78 is 16.0. The molecule has 5 aromatic rings. The van der Waals surface area contributed by atoms with Crippen LogP contribution in [-0.4, -0.2) is 42.5 Å². The summed E-state index contributed by atoms with van der Waals surface area (Å²) in [7, 11) is 0. The van der Waals surface area contributed by atoms with Gasteiger partial charge in [-0.1, -0.05) is 49.4 Å². The first kappa shape index (κ1) is 30.3. The van der Waals surface area contributed by atoms with Crippen molar-refractivity contribution >= 4 is 40.5 Å². The highest BCUT2D eigenvalue weighted by Crippen LogP contribution is 2.45. The Kier molecular flexibility index (Phi) is 8.14. The number of amides is 2. The van der Waals surface area contributed by atoms with Gasteiger partial charge in [-0.05, 0) is 49.1 Å². The molecule has 3 aromatic heterocycles. The molecule has 0 spiro atoms. The minimum atomic E-state index is -1.19. The average molecular weight is 623 g/mol. The molecule has 1 aliphatic rings. The highest BCUT2D eigenvalue weighted by atomic mass is 19.1. The van der Waals surface area contributed by atoms with Gasteiger partial charge in [0.25, 0.3) is 5.91 Å². The third-order valence-corrected chi connectivity index (χ3v) is 8.02. The van der Waals surface area contributed by atoms with E-state index in [1.807, 2.05) is 25.1 Å². The summed E-state index contributed by atoms with van der Waals surface area (Å²) in [5.74, 6) is -0.996. The quantitative estimate of drug-likeness (QED) is 0.204. The molecule has 2 amide bonds. The fourth-order valence-electron chi connectivity index (χ4n) is 5.54. The number of hydrogen-bond acceptors (Lipinski definition) is 9. The van der Waals surface area contributed by atoms with Crippen molar-refractivity contribution in [2.75, 3.05) is 11.1 Å². The number of aromatic nitrogens is 5. The third-order valence-electron chi connectivity index (χ3n) is 8.02. The van der Waals surface area contributed by atoms with Crippen molar-refractivity contribution in [3.63, 3.8) is 0 Å². The summed E-state index contributed by atoms with van der Waals surface area (Å²) in [4.78, 5) is 55.5. The van der Waals surface area contributed by atoms with E-state index in [0.717, 1.165) is 5.56 Å². The smallest absolute Gasteiger partial charge is 0.332 e. The molecule has 234 valence electrons. The van der Waals surface area contributed by atoms with Gasteiger partial charge in [-0.3, -0.25) is 9.59 Å². The van der Waals surface area contributed by atoms with Gasteiger partial charge in [-0.2, -0.15) is 10.6 Å². The van der Waals surface area contributed by atoms with Crippen LogP contribution in [0.3, 0.4) is 0 Å². The van der Waals surface area contributed by atoms with Gasteiger partial charge < -0.3 is 15.9 Å². The van der Waals surface area contributed by atoms with Crippen LogP contribution < -0.4 is 16.5 Å². The van der Waals surface area contributed by atoms with Crippen molar-refractivity contribution in [2.45, 2.75) is 51.5 Å². The average Bonchev–Trinajstić information content (AvgIpc) is 3.55. The van der Waals surface area contributed by atoms with E-state index in [0.29, 0.717) is 46.3 Å². The number of rotatable bonds is 9. The number of nitrogen functional groups attached to an aromatic ring is 1. The minimum Gasteiger partial charge on any atom is -0.383 e. The molecule has 1 atom stereocenters. The molecular weight excluding hydrogens is 591 g/mol. The van der Waals surface area contributed by atoms with Crippen LogP contribution in [0.4, 0.5) is 16.0 Å². The van der Waals surface area contributed by atoms with Crippen molar-refractivity contribution in [3.05, 3.63) is 94.9 Å². The predicted octanol–water partition coefficient (Wildman–Crippen LogP) is 4.22. The molecule has 4 N–H and O–H groups in total. The van der Waals surface area contributed by atoms with Crippen LogP contribution >= 0.6 is 0 Å². The number of pyridine rings is 1. The molecule has 0 aliphatic carbocycles. The number of fused-ring (bicyclic) bond motifs is 2. The van der Waals surface area contributed by atoms with Crippen LogP contribution in [0.25, 0.3) is 22.6 Å². The Hall–Kier alpha value is -5.72. The molecule has 0 saturated carbocycles. The Labute approximate surface area is 263 Å². The first-order valence-corrected chi connectivity index (χ1v) is 14.8. The van der Waals surface area contributed by atoms with E-state index in [2.05, 4.69) is 30.8 Å². The molecule has 2 aromatic carbocycles. The Morgan fingerprint density at radius 2 is 1.85 bits per heavy atom. The summed E-state index contributed by atoms with van der Waals surface area (Å²) in [6.07, 6.45) is 2.99. The van der Waals surface area contributed by atoms with Crippen LogP contribution in [-0.2, 0) is 37.6 Å². The van der Waals surface area contributed by atoms with Crippen molar-refractivity contribution in [2.24, 2.45) is 0 Å². The van der Waals surface area contributed by atoms with Gasteiger partial charge >= 0.3 is 5.97 Å². The Balaban J connectivity index is 1.25. The molecule has 46 heavy (non-hydrogen) atoms. The molecule has 0 saturated heterocycles. The van der Waals surface area contributed by atoms with Crippen LogP contribution in [0.2, 0.25) is 0 Å². The second-order valence-corrected chi connectivity index (χ2v) is 11.2. The number of aryl methyl sites for hydroxylation is 1. The zero-order chi connectivity index (χ0) is 32.4. The van der Waals surface area contributed by atoms with E-state index in [1.54, 1.807) is 54.2 Å². The predicted molar refractivity (Wildman–Crippen MR) is 167 cm³/mol. The van der Waals surface area contributed by atoms with Crippen molar-refractivity contribution in [1.82, 2.24) is 30.2 Å². The molecular formula is C33H31FN8O4. The lowest BCUT2D eigenvalue weighted by Crippen LogP contribution is -2.33. The van der Waals surface area contributed by atoms with E-state index in [1.165, 1.54) is 6.07 Å². The Morgan fingerprint density at radius 1 is 1.07 bits per heavy atom. The Bertz CT molecular complexity index is 1980. The highest BCUT2D eigenvalue weighted by molar-refractivity contribution is 6.09. The molecule has 0 radical (unpaired) electrons. The van der Waals surface area contributed by atoms with Crippen LogP contribution in [0.15, 0.2) is 66.9 Å². The number of nitrogens with zero attached hydrogens (tertiary/aromatic N) is 5. The maximum Gasteiger partial charge on any atom is 0.332 e. The van der Waals surface area contributed by atoms with Crippen LogP contribution in [0.1, 0.15) is 55.4 Å². The zero-order valence-electron chi connectivity index (χ0n) is 25.2. The maximum absolute atomic E-state index is 14.5. The summed E-state index contributed by atoms with van der Waals surface area (Å²) in [5, 5.41) is 8.19. The van der Waals surface area contributed by atoms with Crippen molar-refractivity contribution in [1.29, 1.82) is 0 Å². The number of carbonyl (C=O) groups excluding carboxylic acids is 3. The number of halogens is 1. The van der Waals surface area contributed by atoms with E-state index < -0.39 is 17.3 Å². The van der Waals surface area contributed by atoms with Crippen LogP contribution in [0, 0.1) is 5.82 Å². The minimum absolute atomic E-state index is 0.111. The first-order chi connectivity index (χ1) is 22.2. The number of hydroxylamine groups is 1. The number of carbonyl (C=O) groups is 3. The van der Waals surface area contributed by atoms with Gasteiger partial charge in [-0.15, -0.1) is 0 Å². The fourth-order valence-corrected chi connectivity index (χ4v) is 5.54. The molecule has 0 unspecified atom stereocenters. The highest BCUT2D eigenvalue weighted by Gasteiger charge is 2.47. The molecule has 13 heteroatoms. The second kappa shape index (κ2) is 12.3. The molecule has 1 aliphatic heterocycles. The number of hydrogen-bond donors (Lipinski definition) is 3. The van der Waals surface area contributed by atoms with Gasteiger partial charge in [0.05, 0.1) is 17.5 Å². The monoisotopic (exact) mass is 622 g/mol. The lowest BCUT2D eigenvalue weighted by molar-refractivity contribution is -0.158. The first-order valence-electron chi connectivity index (χ1n) is 14.8. The van der Waals surface area contributed by atoms with Gasteiger partial charge in [-0.25, -0.2) is 28.8 Å². The van der Waals surface area contributed by atoms with E-state index in [-0.39, 0.29) is 48.6 Å². The van der Waals surface area contributed by atoms with Gasteiger partial charge in [0.1, 0.15) is 28.6 Å². The normalized spacial score (nSPS) is 15.4. The fraction of sp³-hybridized carbons (Fsp3) is 0.242. The lowest BCUT2D eigenvalue weighted by Gasteiger charge is -2.23. The zero-order valence-corrected chi connectivity index (χ0v) is 25.2. The number of anilines is 2. The maximum atomic E-state index is 14.5. The third kappa shape index (κ3) is 5.62. The molecule has 4 heterocycles.